The number of para-hydroxylation sites is 2. The predicted molar refractivity (Wildman–Crippen MR) is 97.5 cm³/mol. The zero-order valence-corrected chi connectivity index (χ0v) is 12.7. The summed E-state index contributed by atoms with van der Waals surface area (Å²) in [6, 6.07) is 21.7. The second-order valence-electron chi connectivity index (χ2n) is 5.96. The smallest absolute Gasteiger partial charge is 0.423 e. The molecule has 0 aliphatic rings. The van der Waals surface area contributed by atoms with Crippen molar-refractivity contribution in [3.63, 3.8) is 0 Å². The fourth-order valence-corrected chi connectivity index (χ4v) is 3.49. The van der Waals surface area contributed by atoms with Crippen molar-refractivity contribution < 1.29 is 10.0 Å². The number of nitrogens with zero attached hydrogens (tertiary/aromatic N) is 2. The third-order valence-electron chi connectivity index (χ3n) is 4.58. The van der Waals surface area contributed by atoms with Gasteiger partial charge in [-0.3, -0.25) is 4.40 Å². The van der Waals surface area contributed by atoms with Gasteiger partial charge in [-0.2, -0.15) is 0 Å². The Morgan fingerprint density at radius 3 is 2.33 bits per heavy atom. The number of pyridine rings is 1. The predicted octanol–water partition coefficient (Wildman–Crippen LogP) is 2.47. The molecule has 2 aromatic heterocycles. The number of fused-ring (bicyclic) bond motifs is 8. The number of hydrogen-bond acceptors (Lipinski definition) is 3. The summed E-state index contributed by atoms with van der Waals surface area (Å²) in [6.07, 6.45) is 0. The van der Waals surface area contributed by atoms with Crippen LogP contribution in [-0.2, 0) is 0 Å². The summed E-state index contributed by atoms with van der Waals surface area (Å²) in [6.45, 7) is 0. The maximum absolute atomic E-state index is 9.54. The number of imidazole rings is 1. The van der Waals surface area contributed by atoms with Crippen LogP contribution in [0.3, 0.4) is 0 Å². The normalized spacial score (nSPS) is 11.8. The minimum Gasteiger partial charge on any atom is -0.423 e. The Morgan fingerprint density at radius 2 is 1.50 bits per heavy atom. The fraction of sp³-hybridized carbons (Fsp3) is 0. The first-order valence-corrected chi connectivity index (χ1v) is 7.82. The van der Waals surface area contributed by atoms with Crippen molar-refractivity contribution in [3.8, 4) is 0 Å². The van der Waals surface area contributed by atoms with E-state index in [2.05, 4.69) is 16.5 Å². The molecule has 24 heavy (non-hydrogen) atoms. The van der Waals surface area contributed by atoms with Crippen LogP contribution >= 0.6 is 0 Å². The average molecular weight is 312 g/mol. The zero-order valence-electron chi connectivity index (χ0n) is 12.7. The maximum Gasteiger partial charge on any atom is 0.488 e. The Labute approximate surface area is 137 Å². The van der Waals surface area contributed by atoms with Gasteiger partial charge < -0.3 is 10.0 Å². The van der Waals surface area contributed by atoms with Crippen molar-refractivity contribution in [2.45, 2.75) is 0 Å². The topological polar surface area (TPSA) is 57.8 Å². The van der Waals surface area contributed by atoms with Crippen molar-refractivity contribution in [1.29, 1.82) is 0 Å². The first-order chi connectivity index (χ1) is 11.7. The quantitative estimate of drug-likeness (QED) is 0.369. The minimum atomic E-state index is -1.48. The van der Waals surface area contributed by atoms with Crippen LogP contribution in [0.4, 0.5) is 0 Å². The van der Waals surface area contributed by atoms with Gasteiger partial charge in [0, 0.05) is 10.8 Å². The van der Waals surface area contributed by atoms with E-state index in [9.17, 15) is 10.0 Å². The van der Waals surface area contributed by atoms with E-state index in [-0.39, 0.29) is 0 Å². The molecular weight excluding hydrogens is 299 g/mol. The van der Waals surface area contributed by atoms with Gasteiger partial charge >= 0.3 is 7.12 Å². The van der Waals surface area contributed by atoms with Gasteiger partial charge in [-0.1, -0.05) is 48.5 Å². The largest absolute Gasteiger partial charge is 0.488 e. The van der Waals surface area contributed by atoms with Crippen LogP contribution in [0.15, 0.2) is 66.7 Å². The van der Waals surface area contributed by atoms with E-state index in [0.717, 1.165) is 38.4 Å². The molecule has 0 spiro atoms. The maximum atomic E-state index is 9.54. The molecule has 0 atom stereocenters. The average Bonchev–Trinajstić information content (AvgIpc) is 3.01. The van der Waals surface area contributed by atoms with Gasteiger partial charge in [0.25, 0.3) is 0 Å². The lowest BCUT2D eigenvalue weighted by Crippen LogP contribution is -2.29. The first-order valence-electron chi connectivity index (χ1n) is 7.82. The van der Waals surface area contributed by atoms with E-state index in [0.29, 0.717) is 5.46 Å². The van der Waals surface area contributed by atoms with Crippen molar-refractivity contribution in [2.24, 2.45) is 0 Å². The highest BCUT2D eigenvalue weighted by Crippen LogP contribution is 2.31. The van der Waals surface area contributed by atoms with E-state index in [1.54, 1.807) is 6.07 Å². The summed E-state index contributed by atoms with van der Waals surface area (Å²) >= 11 is 0. The highest BCUT2D eigenvalue weighted by molar-refractivity contribution is 6.59. The molecule has 0 aliphatic carbocycles. The number of hydrogen-bond donors (Lipinski definition) is 2. The van der Waals surface area contributed by atoms with Crippen LogP contribution in [0.25, 0.3) is 38.4 Å². The Hall–Kier alpha value is -2.89. The Bertz CT molecular complexity index is 1240. The molecule has 0 amide bonds. The molecule has 0 fully saturated rings. The molecule has 0 radical (unpaired) electrons. The minimum absolute atomic E-state index is 0.483. The van der Waals surface area contributed by atoms with Gasteiger partial charge in [-0.15, -0.1) is 0 Å². The lowest BCUT2D eigenvalue weighted by atomic mass is 9.79. The molecular formula is C19H13BN2O2. The molecule has 0 saturated carbocycles. The standard InChI is InChI=1S/C19H13BN2O2/c23-20(24)12-9-10-17-15(11-12)13-5-1-2-6-14(13)19-21-16-7-3-4-8-18(16)22(17)19/h1-11,23-24H. The molecule has 0 aliphatic heterocycles. The van der Waals surface area contributed by atoms with Gasteiger partial charge in [0.1, 0.15) is 5.65 Å². The molecule has 5 rings (SSSR count). The summed E-state index contributed by atoms with van der Waals surface area (Å²) in [5.41, 5.74) is 4.39. The summed E-state index contributed by atoms with van der Waals surface area (Å²) in [5.74, 6) is 0. The van der Waals surface area contributed by atoms with Gasteiger partial charge in [-0.05, 0) is 29.0 Å². The second kappa shape index (κ2) is 4.80. The van der Waals surface area contributed by atoms with Crippen LogP contribution in [-0.4, -0.2) is 26.6 Å². The molecule has 3 aromatic carbocycles. The number of aromatic nitrogens is 2. The molecule has 4 nitrogen and oxygen atoms in total. The van der Waals surface area contributed by atoms with Crippen molar-refractivity contribution >= 4 is 50.9 Å². The summed E-state index contributed by atoms with van der Waals surface area (Å²) in [4.78, 5) is 4.82. The van der Waals surface area contributed by atoms with Crippen LogP contribution < -0.4 is 5.46 Å². The molecule has 2 heterocycles. The van der Waals surface area contributed by atoms with Gasteiger partial charge in [-0.25, -0.2) is 4.98 Å². The van der Waals surface area contributed by atoms with Crippen molar-refractivity contribution in [2.75, 3.05) is 0 Å². The molecule has 0 bridgehead atoms. The van der Waals surface area contributed by atoms with Crippen molar-refractivity contribution in [3.05, 3.63) is 66.7 Å². The summed E-state index contributed by atoms with van der Waals surface area (Å²) in [5, 5.41) is 22.2. The first kappa shape index (κ1) is 13.5. The zero-order chi connectivity index (χ0) is 16.3. The van der Waals surface area contributed by atoms with E-state index < -0.39 is 7.12 Å². The fourth-order valence-electron chi connectivity index (χ4n) is 3.49. The van der Waals surface area contributed by atoms with Gasteiger partial charge in [0.15, 0.2) is 0 Å². The second-order valence-corrected chi connectivity index (χ2v) is 5.96. The summed E-state index contributed by atoms with van der Waals surface area (Å²) < 4.78 is 2.14. The monoisotopic (exact) mass is 312 g/mol. The lowest BCUT2D eigenvalue weighted by molar-refractivity contribution is 0.426. The van der Waals surface area contributed by atoms with Crippen molar-refractivity contribution in [1.82, 2.24) is 9.38 Å². The van der Waals surface area contributed by atoms with Crippen LogP contribution in [0, 0.1) is 0 Å². The number of rotatable bonds is 1. The molecule has 0 unspecified atom stereocenters. The van der Waals surface area contributed by atoms with E-state index in [4.69, 9.17) is 4.98 Å². The van der Waals surface area contributed by atoms with Gasteiger partial charge in [0.05, 0.1) is 16.6 Å². The van der Waals surface area contributed by atoms with E-state index >= 15 is 0 Å². The Morgan fingerprint density at radius 1 is 0.750 bits per heavy atom. The SMILES string of the molecule is OB(O)c1ccc2c(c1)c1ccccc1c1nc3ccccc3n21. The van der Waals surface area contributed by atoms with E-state index in [1.165, 1.54) is 0 Å². The Kier molecular flexibility index (Phi) is 2.71. The van der Waals surface area contributed by atoms with Crippen LogP contribution in [0.5, 0.6) is 0 Å². The lowest BCUT2D eigenvalue weighted by Gasteiger charge is -2.10. The molecule has 2 N–H and O–H groups in total. The molecule has 0 saturated heterocycles. The summed E-state index contributed by atoms with van der Waals surface area (Å²) in [7, 11) is -1.48. The van der Waals surface area contributed by atoms with E-state index in [1.807, 2.05) is 48.5 Å². The highest BCUT2D eigenvalue weighted by atomic mass is 16.4. The number of benzene rings is 3. The third-order valence-corrected chi connectivity index (χ3v) is 4.58. The Balaban J connectivity index is 2.12. The van der Waals surface area contributed by atoms with Gasteiger partial charge in [0.2, 0.25) is 0 Å². The van der Waals surface area contributed by atoms with Crippen LogP contribution in [0.1, 0.15) is 0 Å². The highest BCUT2D eigenvalue weighted by Gasteiger charge is 2.16. The molecule has 5 aromatic rings. The molecule has 5 heteroatoms. The van der Waals surface area contributed by atoms with Crippen LogP contribution in [0.2, 0.25) is 0 Å². The molecule has 114 valence electrons. The third kappa shape index (κ3) is 1.74.